The van der Waals surface area contributed by atoms with E-state index in [-0.39, 0.29) is 17.4 Å². The summed E-state index contributed by atoms with van der Waals surface area (Å²) in [5.74, 6) is -0.448. The number of likely N-dealkylation sites (tertiary alicyclic amines) is 1. The largest absolute Gasteiger partial charge is 0.507 e. The topological polar surface area (TPSA) is 76.1 Å². The molecule has 2 fully saturated rings. The number of hydrogen-bond donors (Lipinski definition) is 1. The lowest BCUT2D eigenvalue weighted by Crippen LogP contribution is -2.37. The van der Waals surface area contributed by atoms with Gasteiger partial charge in [-0.3, -0.25) is 9.59 Å². The Kier molecular flexibility index (Phi) is 5.56. The molecule has 30 heavy (non-hydrogen) atoms. The van der Waals surface area contributed by atoms with Crippen LogP contribution in [0, 0.1) is 6.92 Å². The van der Waals surface area contributed by atoms with E-state index in [1.807, 2.05) is 18.4 Å². The van der Waals surface area contributed by atoms with Crippen LogP contribution in [-0.4, -0.2) is 42.0 Å². The maximum absolute atomic E-state index is 13.2. The Morgan fingerprint density at radius 2 is 1.87 bits per heavy atom. The van der Waals surface area contributed by atoms with Crippen LogP contribution < -0.4 is 9.47 Å². The van der Waals surface area contributed by atoms with Crippen LogP contribution in [0.2, 0.25) is 0 Å². The lowest BCUT2D eigenvalue weighted by atomic mass is 9.97. The third kappa shape index (κ3) is 3.27. The van der Waals surface area contributed by atoms with Gasteiger partial charge in [0.05, 0.1) is 25.4 Å². The summed E-state index contributed by atoms with van der Waals surface area (Å²) in [6, 6.07) is 6.39. The maximum Gasteiger partial charge on any atom is 0.295 e. The zero-order chi connectivity index (χ0) is 21.4. The summed E-state index contributed by atoms with van der Waals surface area (Å²) in [7, 11) is 3.03. The summed E-state index contributed by atoms with van der Waals surface area (Å²) >= 11 is 1.50. The van der Waals surface area contributed by atoms with Crippen molar-refractivity contribution in [3.63, 3.8) is 0 Å². The van der Waals surface area contributed by atoms with E-state index in [1.165, 1.54) is 18.4 Å². The monoisotopic (exact) mass is 427 g/mol. The van der Waals surface area contributed by atoms with Gasteiger partial charge in [0.25, 0.3) is 11.7 Å². The van der Waals surface area contributed by atoms with Gasteiger partial charge < -0.3 is 19.5 Å². The zero-order valence-electron chi connectivity index (χ0n) is 17.3. The Balaban J connectivity index is 1.91. The van der Waals surface area contributed by atoms with Crippen LogP contribution in [0.15, 0.2) is 35.2 Å². The molecule has 1 saturated carbocycles. The number of Topliss-reactive ketones (excluding diaryl/α,β-unsaturated/α-hetero) is 1. The molecule has 2 heterocycles. The smallest absolute Gasteiger partial charge is 0.295 e. The molecule has 0 bridgehead atoms. The number of rotatable bonds is 5. The molecule has 1 atom stereocenters. The number of benzene rings is 1. The van der Waals surface area contributed by atoms with Gasteiger partial charge in [-0.2, -0.15) is 0 Å². The van der Waals surface area contributed by atoms with Gasteiger partial charge in [-0.1, -0.05) is 12.8 Å². The van der Waals surface area contributed by atoms with Crippen molar-refractivity contribution in [1.82, 2.24) is 4.90 Å². The first-order valence-corrected chi connectivity index (χ1v) is 10.9. The van der Waals surface area contributed by atoms with Crippen molar-refractivity contribution in [1.29, 1.82) is 0 Å². The molecule has 1 aromatic carbocycles. The molecule has 1 aliphatic carbocycles. The van der Waals surface area contributed by atoms with E-state index < -0.39 is 17.7 Å². The predicted octanol–water partition coefficient (Wildman–Crippen LogP) is 4.44. The highest BCUT2D eigenvalue weighted by atomic mass is 32.1. The summed E-state index contributed by atoms with van der Waals surface area (Å²) in [4.78, 5) is 28.9. The van der Waals surface area contributed by atoms with Crippen LogP contribution in [0.25, 0.3) is 5.76 Å². The Bertz CT molecular complexity index is 1020. The first kappa shape index (κ1) is 20.5. The number of methoxy groups -OCH3 is 2. The molecule has 1 N–H and O–H groups in total. The molecule has 6 nitrogen and oxygen atoms in total. The van der Waals surface area contributed by atoms with Gasteiger partial charge in [0.2, 0.25) is 0 Å². The summed E-state index contributed by atoms with van der Waals surface area (Å²) in [6.45, 7) is 1.97. The van der Waals surface area contributed by atoms with Crippen molar-refractivity contribution < 1.29 is 24.2 Å². The second-order valence-corrected chi connectivity index (χ2v) is 8.63. The minimum atomic E-state index is -0.643. The highest BCUT2D eigenvalue weighted by Crippen LogP contribution is 2.46. The average molecular weight is 428 g/mol. The quantitative estimate of drug-likeness (QED) is 0.434. The van der Waals surface area contributed by atoms with Crippen molar-refractivity contribution in [2.75, 3.05) is 14.2 Å². The van der Waals surface area contributed by atoms with Crippen LogP contribution in [0.5, 0.6) is 11.5 Å². The summed E-state index contributed by atoms with van der Waals surface area (Å²) < 4.78 is 10.7. The number of carbonyl (C=O) groups excluding carboxylic acids is 2. The van der Waals surface area contributed by atoms with Crippen molar-refractivity contribution in [3.05, 3.63) is 51.2 Å². The minimum absolute atomic E-state index is 0.0102. The number of ether oxygens (including phenoxy) is 2. The Morgan fingerprint density at radius 1 is 1.13 bits per heavy atom. The number of thiophene rings is 1. The molecule has 0 spiro atoms. The molecule has 7 heteroatoms. The number of ketones is 1. The molecule has 1 saturated heterocycles. The van der Waals surface area contributed by atoms with E-state index in [9.17, 15) is 14.7 Å². The molecule has 1 amide bonds. The average Bonchev–Trinajstić information content (AvgIpc) is 3.48. The van der Waals surface area contributed by atoms with E-state index in [0.29, 0.717) is 17.1 Å². The van der Waals surface area contributed by atoms with Gasteiger partial charge in [0, 0.05) is 17.0 Å². The normalized spacial score (nSPS) is 21.4. The number of amides is 1. The molecule has 1 unspecified atom stereocenters. The molecule has 2 aliphatic rings. The van der Waals surface area contributed by atoms with Crippen molar-refractivity contribution in [3.8, 4) is 11.5 Å². The fraction of sp³-hybridized carbons (Fsp3) is 0.391. The minimum Gasteiger partial charge on any atom is -0.507 e. The molecular weight excluding hydrogens is 402 g/mol. The number of aliphatic hydroxyl groups is 1. The number of hydrogen-bond acceptors (Lipinski definition) is 6. The van der Waals surface area contributed by atoms with E-state index in [4.69, 9.17) is 9.47 Å². The predicted molar refractivity (Wildman–Crippen MR) is 115 cm³/mol. The van der Waals surface area contributed by atoms with E-state index in [1.54, 1.807) is 30.2 Å². The Hall–Kier alpha value is -2.80. The molecule has 1 aromatic heterocycles. The van der Waals surface area contributed by atoms with Gasteiger partial charge in [-0.25, -0.2) is 0 Å². The first-order valence-electron chi connectivity index (χ1n) is 10.0. The van der Waals surface area contributed by atoms with Crippen molar-refractivity contribution in [2.24, 2.45) is 0 Å². The second kappa shape index (κ2) is 8.14. The number of nitrogens with zero attached hydrogens (tertiary/aromatic N) is 1. The Labute approximate surface area is 179 Å². The van der Waals surface area contributed by atoms with Crippen molar-refractivity contribution in [2.45, 2.75) is 44.7 Å². The number of aryl methyl sites for hydroxylation is 1. The Morgan fingerprint density at radius 3 is 2.47 bits per heavy atom. The van der Waals surface area contributed by atoms with Crippen LogP contribution in [0.1, 0.15) is 47.7 Å². The van der Waals surface area contributed by atoms with Crippen LogP contribution in [0.4, 0.5) is 0 Å². The summed E-state index contributed by atoms with van der Waals surface area (Å²) in [5.41, 5.74) is 1.49. The lowest BCUT2D eigenvalue weighted by Gasteiger charge is -2.30. The molecule has 2 aromatic rings. The SMILES string of the molecule is COc1ccc(/C(O)=C2\C(=O)C(=O)N(C3CCCC3)C2c2sccc2C)c(OC)c1. The maximum atomic E-state index is 13.2. The highest BCUT2D eigenvalue weighted by molar-refractivity contribution is 7.10. The molecule has 0 radical (unpaired) electrons. The van der Waals surface area contributed by atoms with Gasteiger partial charge in [0.15, 0.2) is 0 Å². The van der Waals surface area contributed by atoms with Crippen LogP contribution >= 0.6 is 11.3 Å². The highest BCUT2D eigenvalue weighted by Gasteiger charge is 2.50. The molecule has 158 valence electrons. The number of aliphatic hydroxyl groups excluding tert-OH is 1. The zero-order valence-corrected chi connectivity index (χ0v) is 18.1. The van der Waals surface area contributed by atoms with Gasteiger partial charge >= 0.3 is 0 Å². The summed E-state index contributed by atoms with van der Waals surface area (Å²) in [6.07, 6.45) is 3.83. The van der Waals surface area contributed by atoms with Gasteiger partial charge in [-0.15, -0.1) is 11.3 Å². The van der Waals surface area contributed by atoms with Crippen LogP contribution in [-0.2, 0) is 9.59 Å². The van der Waals surface area contributed by atoms with Gasteiger partial charge in [-0.05, 0) is 48.9 Å². The summed E-state index contributed by atoms with van der Waals surface area (Å²) in [5, 5.41) is 13.2. The fourth-order valence-electron chi connectivity index (χ4n) is 4.47. The van der Waals surface area contributed by atoms with E-state index in [0.717, 1.165) is 36.1 Å². The third-order valence-electron chi connectivity index (χ3n) is 6.01. The fourth-order valence-corrected chi connectivity index (χ4v) is 5.50. The van der Waals surface area contributed by atoms with Gasteiger partial charge in [0.1, 0.15) is 23.3 Å². The lowest BCUT2D eigenvalue weighted by molar-refractivity contribution is -0.141. The molecule has 4 rings (SSSR count). The van der Waals surface area contributed by atoms with E-state index >= 15 is 0 Å². The van der Waals surface area contributed by atoms with E-state index in [2.05, 4.69) is 0 Å². The third-order valence-corrected chi connectivity index (χ3v) is 7.08. The van der Waals surface area contributed by atoms with Crippen molar-refractivity contribution >= 4 is 28.8 Å². The molecule has 1 aliphatic heterocycles. The second-order valence-electron chi connectivity index (χ2n) is 7.68. The molecular formula is C23H25NO5S. The first-order chi connectivity index (χ1) is 14.5. The van der Waals surface area contributed by atoms with Crippen LogP contribution in [0.3, 0.4) is 0 Å². The standard InChI is InChI=1S/C23H25NO5S/c1-13-10-11-30-22(13)19-18(21(26)23(27)24(19)14-6-4-5-7-14)20(25)16-9-8-15(28-2)12-17(16)29-3/h8-12,14,19,25H,4-7H2,1-3H3/b20-18+. The number of carbonyl (C=O) groups is 2.